The van der Waals surface area contributed by atoms with Crippen molar-refractivity contribution in [1.29, 1.82) is 0 Å². The van der Waals surface area contributed by atoms with Gasteiger partial charge < -0.3 is 24.7 Å². The highest BCUT2D eigenvalue weighted by atomic mass is 19.1. The van der Waals surface area contributed by atoms with Crippen LogP contribution in [0.2, 0.25) is 0 Å². The molecule has 2 N–H and O–H groups in total. The third-order valence-electron chi connectivity index (χ3n) is 7.21. The molecule has 2 fully saturated rings. The normalized spacial score (nSPS) is 18.2. The topological polar surface area (TPSA) is 69.7 Å². The maximum atomic E-state index is 13.2. The van der Waals surface area contributed by atoms with Gasteiger partial charge in [-0.15, -0.1) is 0 Å². The van der Waals surface area contributed by atoms with E-state index in [-0.39, 0.29) is 18.0 Å². The first-order valence-corrected chi connectivity index (χ1v) is 12.1. The van der Waals surface area contributed by atoms with Crippen LogP contribution in [0, 0.1) is 12.7 Å². The molecule has 1 aromatic heterocycles. The van der Waals surface area contributed by atoms with Crippen molar-refractivity contribution in [3.05, 3.63) is 70.7 Å². The number of rotatable bonds is 7. The number of likely N-dealkylation sites (tertiary alicyclic amines) is 1. The van der Waals surface area contributed by atoms with Crippen LogP contribution in [0.3, 0.4) is 0 Å². The molecule has 1 amide bonds. The highest BCUT2D eigenvalue weighted by molar-refractivity contribution is 6.07. The van der Waals surface area contributed by atoms with E-state index in [2.05, 4.69) is 15.5 Å². The summed E-state index contributed by atoms with van der Waals surface area (Å²) in [6, 6.07) is 13.3. The van der Waals surface area contributed by atoms with Crippen molar-refractivity contribution < 1.29 is 18.7 Å². The Labute approximate surface area is 199 Å². The Morgan fingerprint density at radius 3 is 2.41 bits per heavy atom. The molecule has 2 aromatic carbocycles. The van der Waals surface area contributed by atoms with E-state index in [0.29, 0.717) is 31.2 Å². The first kappa shape index (κ1) is 23.0. The van der Waals surface area contributed by atoms with Gasteiger partial charge in [0.15, 0.2) is 6.29 Å². The van der Waals surface area contributed by atoms with Gasteiger partial charge in [0.1, 0.15) is 5.82 Å². The average molecular weight is 466 g/mol. The molecular weight excluding hydrogens is 433 g/mol. The Morgan fingerprint density at radius 1 is 1.06 bits per heavy atom. The summed E-state index contributed by atoms with van der Waals surface area (Å²) in [5.41, 5.74) is 10.7. The maximum absolute atomic E-state index is 13.2. The molecule has 34 heavy (non-hydrogen) atoms. The van der Waals surface area contributed by atoms with E-state index in [1.54, 1.807) is 0 Å². The Morgan fingerprint density at radius 2 is 1.74 bits per heavy atom. The van der Waals surface area contributed by atoms with Crippen LogP contribution in [-0.4, -0.2) is 54.5 Å². The Balaban J connectivity index is 1.33. The predicted octanol–water partition coefficient (Wildman–Crippen LogP) is 3.98. The van der Waals surface area contributed by atoms with Crippen LogP contribution in [0.5, 0.6) is 0 Å². The molecule has 0 radical (unpaired) electrons. The van der Waals surface area contributed by atoms with Crippen molar-refractivity contribution in [3.63, 3.8) is 0 Å². The zero-order valence-corrected chi connectivity index (χ0v) is 19.6. The van der Waals surface area contributed by atoms with Crippen LogP contribution < -0.4 is 5.73 Å². The first-order valence-electron chi connectivity index (χ1n) is 12.1. The number of benzene rings is 2. The molecule has 0 aliphatic carbocycles. The van der Waals surface area contributed by atoms with Gasteiger partial charge in [-0.1, -0.05) is 24.3 Å². The summed E-state index contributed by atoms with van der Waals surface area (Å²) in [4.78, 5) is 14.8. The van der Waals surface area contributed by atoms with Gasteiger partial charge in [0.2, 0.25) is 0 Å². The lowest BCUT2D eigenvalue weighted by Crippen LogP contribution is -2.36. The molecule has 0 bridgehead atoms. The number of halogens is 1. The third-order valence-corrected chi connectivity index (χ3v) is 7.21. The highest BCUT2D eigenvalue weighted by Gasteiger charge is 2.27. The van der Waals surface area contributed by atoms with E-state index >= 15 is 0 Å². The quantitative estimate of drug-likeness (QED) is 0.573. The smallest absolute Gasteiger partial charge is 0.251 e. The summed E-state index contributed by atoms with van der Waals surface area (Å²) >= 11 is 0. The molecule has 3 aromatic rings. The molecule has 2 aliphatic heterocycles. The summed E-state index contributed by atoms with van der Waals surface area (Å²) in [5, 5.41) is 0.917. The summed E-state index contributed by atoms with van der Waals surface area (Å²) in [6.07, 6.45) is 3.41. The first-order chi connectivity index (χ1) is 16.5. The van der Waals surface area contributed by atoms with Crippen molar-refractivity contribution in [2.45, 2.75) is 44.9 Å². The van der Waals surface area contributed by atoms with Crippen molar-refractivity contribution in [2.24, 2.45) is 5.73 Å². The largest absolute Gasteiger partial charge is 0.366 e. The van der Waals surface area contributed by atoms with Crippen LogP contribution in [0.1, 0.15) is 46.1 Å². The zero-order valence-electron chi connectivity index (χ0n) is 19.6. The molecule has 2 saturated heterocycles. The van der Waals surface area contributed by atoms with Gasteiger partial charge >= 0.3 is 0 Å². The summed E-state index contributed by atoms with van der Waals surface area (Å²) < 4.78 is 26.7. The number of primary amides is 1. The fourth-order valence-corrected chi connectivity index (χ4v) is 5.45. The van der Waals surface area contributed by atoms with Crippen molar-refractivity contribution in [1.82, 2.24) is 9.47 Å². The lowest BCUT2D eigenvalue weighted by Gasteiger charge is -2.34. The van der Waals surface area contributed by atoms with Crippen LogP contribution >= 0.6 is 0 Å². The van der Waals surface area contributed by atoms with Gasteiger partial charge in [-0.3, -0.25) is 4.79 Å². The lowest BCUT2D eigenvalue weighted by atomic mass is 10.0. The van der Waals surface area contributed by atoms with Gasteiger partial charge in [0.05, 0.1) is 18.8 Å². The van der Waals surface area contributed by atoms with E-state index < -0.39 is 0 Å². The van der Waals surface area contributed by atoms with E-state index in [1.165, 1.54) is 12.1 Å². The number of fused-ring (bicyclic) bond motifs is 1. The highest BCUT2D eigenvalue weighted by Crippen LogP contribution is 2.34. The molecule has 7 heteroatoms. The zero-order chi connectivity index (χ0) is 23.7. The van der Waals surface area contributed by atoms with Crippen LogP contribution in [0.4, 0.5) is 4.39 Å². The minimum atomic E-state index is -0.381. The standard InChI is InChI=1S/C27H32FN3O3/c1-18-26(27(29)32)23-7-4-20(17-25-33-14-15-34-25)16-24(23)31(18)22-9-12-30(13-10-22)11-8-19-2-5-21(28)6-3-19/h2-7,16,22,25H,8-15,17H2,1H3,(H2,29,32). The number of nitrogens with two attached hydrogens (primary N) is 1. The van der Waals surface area contributed by atoms with E-state index in [0.717, 1.165) is 66.6 Å². The van der Waals surface area contributed by atoms with Gasteiger partial charge in [0.25, 0.3) is 5.91 Å². The maximum Gasteiger partial charge on any atom is 0.251 e. The minimum Gasteiger partial charge on any atom is -0.366 e. The fraction of sp³-hybridized carbons (Fsp3) is 0.444. The van der Waals surface area contributed by atoms with Crippen LogP contribution in [0.25, 0.3) is 10.9 Å². The Kier molecular flexibility index (Phi) is 6.68. The predicted molar refractivity (Wildman–Crippen MR) is 129 cm³/mol. The number of ether oxygens (including phenoxy) is 2. The number of amides is 1. The molecule has 5 rings (SSSR count). The van der Waals surface area contributed by atoms with E-state index in [4.69, 9.17) is 15.2 Å². The second-order valence-corrected chi connectivity index (χ2v) is 9.37. The SMILES string of the molecule is Cc1c(C(N)=O)c2ccc(CC3OCCO3)cc2n1C1CCN(CCc2ccc(F)cc2)CC1. The van der Waals surface area contributed by atoms with Crippen molar-refractivity contribution >= 4 is 16.8 Å². The molecule has 0 spiro atoms. The number of hydrogen-bond acceptors (Lipinski definition) is 4. The molecule has 0 saturated carbocycles. The number of carbonyl (C=O) groups is 1. The third kappa shape index (κ3) is 4.73. The average Bonchev–Trinajstić information content (AvgIpc) is 3.44. The van der Waals surface area contributed by atoms with E-state index in [1.807, 2.05) is 31.2 Å². The Hall–Kier alpha value is -2.74. The van der Waals surface area contributed by atoms with Crippen molar-refractivity contribution in [3.8, 4) is 0 Å². The summed E-state index contributed by atoms with van der Waals surface area (Å²) in [5.74, 6) is -0.575. The summed E-state index contributed by atoms with van der Waals surface area (Å²) in [7, 11) is 0. The number of piperidine rings is 1. The van der Waals surface area contributed by atoms with Crippen LogP contribution in [0.15, 0.2) is 42.5 Å². The van der Waals surface area contributed by atoms with E-state index in [9.17, 15) is 9.18 Å². The summed E-state index contributed by atoms with van der Waals surface area (Å²) in [6.45, 7) is 6.20. The number of nitrogens with zero attached hydrogens (tertiary/aromatic N) is 2. The number of carbonyl (C=O) groups excluding carboxylic acids is 1. The lowest BCUT2D eigenvalue weighted by molar-refractivity contribution is -0.0399. The second-order valence-electron chi connectivity index (χ2n) is 9.37. The van der Waals surface area contributed by atoms with Gasteiger partial charge in [0, 0.05) is 48.7 Å². The van der Waals surface area contributed by atoms with Gasteiger partial charge in [-0.25, -0.2) is 4.39 Å². The molecule has 0 atom stereocenters. The molecule has 180 valence electrons. The van der Waals surface area contributed by atoms with Gasteiger partial charge in [-0.2, -0.15) is 0 Å². The molecule has 0 unspecified atom stereocenters. The van der Waals surface area contributed by atoms with Crippen LogP contribution in [-0.2, 0) is 22.3 Å². The molecule has 3 heterocycles. The second kappa shape index (κ2) is 9.86. The molecular formula is C27H32FN3O3. The Bertz CT molecular complexity index is 1160. The molecule has 2 aliphatic rings. The monoisotopic (exact) mass is 465 g/mol. The van der Waals surface area contributed by atoms with Gasteiger partial charge in [-0.05, 0) is 55.5 Å². The molecule has 6 nitrogen and oxygen atoms in total. The number of aromatic nitrogens is 1. The minimum absolute atomic E-state index is 0.194. The van der Waals surface area contributed by atoms with Crippen molar-refractivity contribution in [2.75, 3.05) is 32.8 Å². The fourth-order valence-electron chi connectivity index (χ4n) is 5.45. The number of hydrogen-bond donors (Lipinski definition) is 1.